The summed E-state index contributed by atoms with van der Waals surface area (Å²) in [4.78, 5) is 16.9. The van der Waals surface area contributed by atoms with E-state index in [1.807, 2.05) is 51.1 Å². The van der Waals surface area contributed by atoms with E-state index < -0.39 is 0 Å². The van der Waals surface area contributed by atoms with Crippen molar-refractivity contribution in [3.05, 3.63) is 47.3 Å². The van der Waals surface area contributed by atoms with Gasteiger partial charge in [0.2, 0.25) is 5.91 Å². The zero-order valence-corrected chi connectivity index (χ0v) is 15.6. The number of amides is 1. The molecule has 0 aliphatic heterocycles. The van der Waals surface area contributed by atoms with Gasteiger partial charge in [-0.3, -0.25) is 14.9 Å². The fourth-order valence-corrected chi connectivity index (χ4v) is 2.30. The number of aliphatic imine (C=N–C) groups is 1. The lowest BCUT2D eigenvalue weighted by molar-refractivity contribution is -0.115. The van der Waals surface area contributed by atoms with E-state index in [-0.39, 0.29) is 12.3 Å². The molecule has 2 rings (SSSR count). The van der Waals surface area contributed by atoms with Gasteiger partial charge in [-0.15, -0.1) is 0 Å². The second-order valence-corrected chi connectivity index (χ2v) is 6.31. The number of aromatic amines is 1. The van der Waals surface area contributed by atoms with Crippen LogP contribution in [0.25, 0.3) is 0 Å². The van der Waals surface area contributed by atoms with E-state index in [4.69, 9.17) is 0 Å². The van der Waals surface area contributed by atoms with Gasteiger partial charge in [-0.05, 0) is 46.1 Å². The van der Waals surface area contributed by atoms with Crippen LogP contribution in [-0.4, -0.2) is 21.8 Å². The molecule has 0 unspecified atom stereocenters. The van der Waals surface area contributed by atoms with Crippen molar-refractivity contribution < 1.29 is 4.79 Å². The van der Waals surface area contributed by atoms with Crippen molar-refractivity contribution in [3.8, 4) is 0 Å². The number of H-pyrrole nitrogens is 1. The van der Waals surface area contributed by atoms with Gasteiger partial charge < -0.3 is 5.32 Å². The van der Waals surface area contributed by atoms with Gasteiger partial charge in [-0.25, -0.2) is 0 Å². The number of carbonyl (C=O) groups excluding carboxylic acids is 1. The predicted molar refractivity (Wildman–Crippen MR) is 104 cm³/mol. The van der Waals surface area contributed by atoms with Crippen molar-refractivity contribution in [1.82, 2.24) is 10.2 Å². The zero-order chi connectivity index (χ0) is 18.2. The SMILES string of the molecule is C\C=C(C)/C=C\C(CC)=N/C(=C\C)CC(=O)Nc1cc(C2CC2)[nH]n1. The quantitative estimate of drug-likeness (QED) is 0.522. The van der Waals surface area contributed by atoms with Gasteiger partial charge in [0, 0.05) is 29.1 Å². The number of hydrogen-bond donors (Lipinski definition) is 2. The van der Waals surface area contributed by atoms with E-state index in [9.17, 15) is 4.79 Å². The molecule has 0 saturated heterocycles. The first-order chi connectivity index (χ1) is 12.0. The summed E-state index contributed by atoms with van der Waals surface area (Å²) in [5.74, 6) is 1.08. The maximum atomic E-state index is 12.3. The molecular formula is C20H28N4O. The van der Waals surface area contributed by atoms with Crippen LogP contribution in [0.1, 0.15) is 65.0 Å². The molecule has 5 heteroatoms. The molecule has 1 aromatic heterocycles. The third-order valence-corrected chi connectivity index (χ3v) is 4.20. The molecule has 134 valence electrons. The molecular weight excluding hydrogens is 312 g/mol. The van der Waals surface area contributed by atoms with Crippen molar-refractivity contribution >= 4 is 17.4 Å². The molecule has 1 heterocycles. The summed E-state index contributed by atoms with van der Waals surface area (Å²) in [5.41, 5.74) is 4.01. The molecule has 2 N–H and O–H groups in total. The molecule has 0 spiro atoms. The highest BCUT2D eigenvalue weighted by atomic mass is 16.1. The molecule has 1 aromatic rings. The average Bonchev–Trinajstić information content (AvgIpc) is 3.37. The third-order valence-electron chi connectivity index (χ3n) is 4.20. The molecule has 1 saturated carbocycles. The molecule has 0 bridgehead atoms. The Morgan fingerprint density at radius 1 is 1.36 bits per heavy atom. The van der Waals surface area contributed by atoms with Crippen molar-refractivity contribution in [2.75, 3.05) is 5.32 Å². The fraction of sp³-hybridized carbons (Fsp3) is 0.450. The minimum absolute atomic E-state index is 0.102. The van der Waals surface area contributed by atoms with E-state index in [2.05, 4.69) is 27.4 Å². The van der Waals surface area contributed by atoms with Gasteiger partial charge in [0.05, 0.1) is 6.42 Å². The number of nitrogens with one attached hydrogen (secondary N) is 2. The highest BCUT2D eigenvalue weighted by Crippen LogP contribution is 2.39. The lowest BCUT2D eigenvalue weighted by atomic mass is 10.2. The Bertz CT molecular complexity index is 718. The van der Waals surface area contributed by atoms with Crippen LogP contribution < -0.4 is 5.32 Å². The normalized spacial score (nSPS) is 16.6. The van der Waals surface area contributed by atoms with E-state index in [0.717, 1.165) is 23.5 Å². The number of carbonyl (C=O) groups is 1. The van der Waals surface area contributed by atoms with Crippen molar-refractivity contribution in [2.45, 2.75) is 59.3 Å². The summed E-state index contributed by atoms with van der Waals surface area (Å²) in [6.45, 7) is 8.02. The van der Waals surface area contributed by atoms with Crippen LogP contribution in [-0.2, 0) is 4.79 Å². The molecule has 0 radical (unpaired) electrons. The van der Waals surface area contributed by atoms with Crippen LogP contribution in [0.15, 0.2) is 46.6 Å². The Balaban J connectivity index is 1.95. The molecule has 5 nitrogen and oxygen atoms in total. The van der Waals surface area contributed by atoms with E-state index in [1.165, 1.54) is 18.4 Å². The third kappa shape index (κ3) is 6.18. The summed E-state index contributed by atoms with van der Waals surface area (Å²) in [5, 5.41) is 9.99. The summed E-state index contributed by atoms with van der Waals surface area (Å²) in [6.07, 6.45) is 11.4. The smallest absolute Gasteiger partial charge is 0.231 e. The first-order valence-corrected chi connectivity index (χ1v) is 8.94. The molecule has 1 aliphatic carbocycles. The second-order valence-electron chi connectivity index (χ2n) is 6.31. The number of allylic oxidation sites excluding steroid dienone is 5. The van der Waals surface area contributed by atoms with Crippen molar-refractivity contribution in [3.63, 3.8) is 0 Å². The molecule has 1 fully saturated rings. The molecule has 25 heavy (non-hydrogen) atoms. The highest BCUT2D eigenvalue weighted by molar-refractivity contribution is 5.97. The summed E-state index contributed by atoms with van der Waals surface area (Å²) >= 11 is 0. The van der Waals surface area contributed by atoms with E-state index >= 15 is 0 Å². The Morgan fingerprint density at radius 2 is 2.12 bits per heavy atom. The standard InChI is InChI=1S/C20H28N4O/c1-5-14(4)8-11-16(6-2)21-17(7-3)12-20(25)22-19-13-18(23-24-19)15-9-10-15/h5,7-8,11,13,15H,6,9-10,12H2,1-4H3,(H2,22,23,24,25)/b11-8-,14-5-,17-7-,21-16-. The second kappa shape index (κ2) is 9.16. The van der Waals surface area contributed by atoms with E-state index in [1.54, 1.807) is 0 Å². The number of anilines is 1. The van der Waals surface area contributed by atoms with Gasteiger partial charge in [0.15, 0.2) is 5.82 Å². The summed E-state index contributed by atoms with van der Waals surface area (Å²) in [6, 6.07) is 1.92. The fourth-order valence-electron chi connectivity index (χ4n) is 2.30. The Morgan fingerprint density at radius 3 is 2.72 bits per heavy atom. The van der Waals surface area contributed by atoms with Crippen LogP contribution in [0.5, 0.6) is 0 Å². The van der Waals surface area contributed by atoms with Gasteiger partial charge >= 0.3 is 0 Å². The van der Waals surface area contributed by atoms with Gasteiger partial charge in [0.1, 0.15) is 0 Å². The van der Waals surface area contributed by atoms with Crippen LogP contribution in [0, 0.1) is 0 Å². The van der Waals surface area contributed by atoms with Gasteiger partial charge in [-0.2, -0.15) is 5.10 Å². The van der Waals surface area contributed by atoms with Crippen LogP contribution in [0.2, 0.25) is 0 Å². The topological polar surface area (TPSA) is 70.1 Å². The average molecular weight is 340 g/mol. The number of rotatable bonds is 8. The molecule has 0 aromatic carbocycles. The highest BCUT2D eigenvalue weighted by Gasteiger charge is 2.25. The van der Waals surface area contributed by atoms with Crippen molar-refractivity contribution in [2.24, 2.45) is 4.99 Å². The zero-order valence-electron chi connectivity index (χ0n) is 15.6. The lowest BCUT2D eigenvalue weighted by Crippen LogP contribution is -2.12. The molecule has 1 aliphatic rings. The van der Waals surface area contributed by atoms with Gasteiger partial charge in [-0.1, -0.05) is 30.7 Å². The summed E-state index contributed by atoms with van der Waals surface area (Å²) < 4.78 is 0. The van der Waals surface area contributed by atoms with Crippen LogP contribution in [0.3, 0.4) is 0 Å². The first kappa shape index (κ1) is 18.9. The minimum atomic E-state index is -0.102. The maximum Gasteiger partial charge on any atom is 0.231 e. The van der Waals surface area contributed by atoms with Crippen LogP contribution in [0.4, 0.5) is 5.82 Å². The maximum absolute atomic E-state index is 12.3. The number of aromatic nitrogens is 2. The summed E-state index contributed by atoms with van der Waals surface area (Å²) in [7, 11) is 0. The van der Waals surface area contributed by atoms with E-state index in [0.29, 0.717) is 11.7 Å². The number of hydrogen-bond acceptors (Lipinski definition) is 3. The Hall–Kier alpha value is -2.43. The lowest BCUT2D eigenvalue weighted by Gasteiger charge is -2.04. The minimum Gasteiger partial charge on any atom is -0.309 e. The van der Waals surface area contributed by atoms with Crippen LogP contribution >= 0.6 is 0 Å². The largest absolute Gasteiger partial charge is 0.309 e. The monoisotopic (exact) mass is 340 g/mol. The molecule has 0 atom stereocenters. The van der Waals surface area contributed by atoms with Gasteiger partial charge in [0.25, 0.3) is 0 Å². The Kier molecular flexibility index (Phi) is 6.92. The predicted octanol–water partition coefficient (Wildman–Crippen LogP) is 4.89. The van der Waals surface area contributed by atoms with Crippen molar-refractivity contribution in [1.29, 1.82) is 0 Å². The number of nitrogens with zero attached hydrogens (tertiary/aromatic N) is 2. The molecule has 1 amide bonds. The Labute approximate surface area is 150 Å². The first-order valence-electron chi connectivity index (χ1n) is 8.94.